The molecule has 1 unspecified atom stereocenters. The molecular formula is C26H30F3N3O. The normalized spacial score (nSPS) is 17.1. The van der Waals surface area contributed by atoms with Crippen molar-refractivity contribution in [3.8, 4) is 11.4 Å². The van der Waals surface area contributed by atoms with Crippen LogP contribution in [0.25, 0.3) is 11.4 Å². The van der Waals surface area contributed by atoms with E-state index in [1.165, 1.54) is 5.56 Å². The highest BCUT2D eigenvalue weighted by molar-refractivity contribution is 5.57. The van der Waals surface area contributed by atoms with Gasteiger partial charge in [-0.25, -0.2) is 0 Å². The molecule has 33 heavy (non-hydrogen) atoms. The van der Waals surface area contributed by atoms with Crippen molar-refractivity contribution >= 4 is 0 Å². The summed E-state index contributed by atoms with van der Waals surface area (Å²) >= 11 is 0. The minimum absolute atomic E-state index is 0.0287. The van der Waals surface area contributed by atoms with Crippen LogP contribution in [0.4, 0.5) is 13.2 Å². The van der Waals surface area contributed by atoms with Crippen LogP contribution in [0.2, 0.25) is 0 Å². The first-order valence-corrected chi connectivity index (χ1v) is 11.7. The summed E-state index contributed by atoms with van der Waals surface area (Å²) in [5.41, 5.74) is 2.27. The predicted molar refractivity (Wildman–Crippen MR) is 122 cm³/mol. The van der Waals surface area contributed by atoms with Crippen LogP contribution in [0.15, 0.2) is 47.0 Å². The Morgan fingerprint density at radius 3 is 2.39 bits per heavy atom. The Bertz CT molecular complexity index is 1060. The van der Waals surface area contributed by atoms with Gasteiger partial charge in [0.05, 0.1) is 11.6 Å². The van der Waals surface area contributed by atoms with Crippen LogP contribution < -0.4 is 0 Å². The van der Waals surface area contributed by atoms with E-state index in [0.717, 1.165) is 50.3 Å². The second kappa shape index (κ2) is 10.1. The summed E-state index contributed by atoms with van der Waals surface area (Å²) in [6.07, 6.45) is 1.67. The largest absolute Gasteiger partial charge is 0.416 e. The average Bonchev–Trinajstić information content (AvgIpc) is 3.45. The number of aryl methyl sites for hydroxylation is 3. The molecule has 176 valence electrons. The fourth-order valence-electron chi connectivity index (χ4n) is 4.44. The molecule has 0 spiro atoms. The third-order valence-corrected chi connectivity index (χ3v) is 6.45. The number of rotatable bonds is 8. The van der Waals surface area contributed by atoms with Crippen LogP contribution in [-0.4, -0.2) is 28.6 Å². The van der Waals surface area contributed by atoms with Crippen molar-refractivity contribution in [3.05, 3.63) is 70.6 Å². The Hall–Kier alpha value is -2.67. The number of likely N-dealkylation sites (tertiary alicyclic amines) is 1. The Labute approximate surface area is 192 Å². The lowest BCUT2D eigenvalue weighted by atomic mass is 9.96. The van der Waals surface area contributed by atoms with Gasteiger partial charge < -0.3 is 4.52 Å². The summed E-state index contributed by atoms with van der Waals surface area (Å²) in [4.78, 5) is 6.52. The van der Waals surface area contributed by atoms with Gasteiger partial charge >= 0.3 is 6.18 Å². The van der Waals surface area contributed by atoms with Gasteiger partial charge in [0.1, 0.15) is 0 Å². The van der Waals surface area contributed by atoms with Crippen LogP contribution in [0.3, 0.4) is 0 Å². The molecule has 0 N–H and O–H groups in total. The Kier molecular flexibility index (Phi) is 7.17. The van der Waals surface area contributed by atoms with Crippen LogP contribution in [0, 0.1) is 0 Å². The molecule has 2 heterocycles. The van der Waals surface area contributed by atoms with E-state index in [9.17, 15) is 13.2 Å². The molecule has 1 aromatic heterocycles. The minimum atomic E-state index is -4.45. The lowest BCUT2D eigenvalue weighted by Crippen LogP contribution is -2.17. The number of hydrogen-bond acceptors (Lipinski definition) is 4. The highest BCUT2D eigenvalue weighted by atomic mass is 19.4. The van der Waals surface area contributed by atoms with E-state index < -0.39 is 11.7 Å². The van der Waals surface area contributed by atoms with Crippen LogP contribution in [-0.2, 0) is 25.4 Å². The smallest absolute Gasteiger partial charge is 0.337 e. The highest BCUT2D eigenvalue weighted by Gasteiger charge is 2.34. The van der Waals surface area contributed by atoms with Gasteiger partial charge in [0.15, 0.2) is 0 Å². The summed E-state index contributed by atoms with van der Waals surface area (Å²) in [5, 5.41) is 3.96. The van der Waals surface area contributed by atoms with Gasteiger partial charge in [0, 0.05) is 5.56 Å². The van der Waals surface area contributed by atoms with Crippen molar-refractivity contribution in [2.45, 2.75) is 64.1 Å². The van der Waals surface area contributed by atoms with Gasteiger partial charge in [-0.2, -0.15) is 18.2 Å². The van der Waals surface area contributed by atoms with E-state index in [0.29, 0.717) is 24.3 Å². The van der Waals surface area contributed by atoms with Gasteiger partial charge in [-0.1, -0.05) is 54.9 Å². The number of hydrogen-bond donors (Lipinski definition) is 0. The van der Waals surface area contributed by atoms with Gasteiger partial charge in [-0.3, -0.25) is 4.90 Å². The zero-order chi connectivity index (χ0) is 23.4. The monoisotopic (exact) mass is 457 g/mol. The Morgan fingerprint density at radius 2 is 1.76 bits per heavy atom. The summed E-state index contributed by atoms with van der Waals surface area (Å²) in [6.45, 7) is 3.10. The number of benzene rings is 2. The van der Waals surface area contributed by atoms with Gasteiger partial charge in [-0.05, 0) is 74.9 Å². The first kappa shape index (κ1) is 23.5. The molecule has 1 atom stereocenters. The zero-order valence-corrected chi connectivity index (χ0v) is 19.2. The van der Waals surface area contributed by atoms with Crippen LogP contribution in [0.5, 0.6) is 0 Å². The quantitative estimate of drug-likeness (QED) is 0.380. The summed E-state index contributed by atoms with van der Waals surface area (Å²) in [6, 6.07) is 12.6. The standard InChI is InChI=1S/C26H30F3N3O/c1-3-4-6-18-8-10-19(11-9-18)12-13-20-14-15-21(17-22(20)26(27,28)29)24-30-25(33-31-24)23-7-5-16-32(23)2/h8-11,14-15,17,23H,3-7,12-13,16H2,1-2H3. The highest BCUT2D eigenvalue weighted by Crippen LogP contribution is 2.36. The maximum atomic E-state index is 13.9. The van der Waals surface area contributed by atoms with Crippen LogP contribution >= 0.6 is 0 Å². The molecular weight excluding hydrogens is 427 g/mol. The molecule has 4 nitrogen and oxygen atoms in total. The van der Waals surface area contributed by atoms with Crippen molar-refractivity contribution in [2.24, 2.45) is 0 Å². The number of nitrogens with zero attached hydrogens (tertiary/aromatic N) is 3. The Balaban J connectivity index is 1.51. The third kappa shape index (κ3) is 5.64. The predicted octanol–water partition coefficient (Wildman–Crippen LogP) is 6.65. The topological polar surface area (TPSA) is 42.2 Å². The fourth-order valence-corrected chi connectivity index (χ4v) is 4.44. The van der Waals surface area contributed by atoms with Crippen molar-refractivity contribution in [2.75, 3.05) is 13.6 Å². The van der Waals surface area contributed by atoms with E-state index in [1.54, 1.807) is 12.1 Å². The van der Waals surface area contributed by atoms with E-state index >= 15 is 0 Å². The first-order valence-electron chi connectivity index (χ1n) is 11.7. The van der Waals surface area contributed by atoms with E-state index in [1.807, 2.05) is 19.2 Å². The molecule has 4 rings (SSSR count). The average molecular weight is 458 g/mol. The SMILES string of the molecule is CCCCc1ccc(CCc2ccc(-c3noc(C4CCCN4C)n3)cc2C(F)(F)F)cc1. The summed E-state index contributed by atoms with van der Waals surface area (Å²) in [5.74, 6) is 0.662. The molecule has 3 aromatic rings. The molecule has 1 aliphatic rings. The maximum Gasteiger partial charge on any atom is 0.416 e. The van der Waals surface area contributed by atoms with Crippen molar-refractivity contribution in [3.63, 3.8) is 0 Å². The van der Waals surface area contributed by atoms with Gasteiger partial charge in [0.25, 0.3) is 0 Å². The first-order chi connectivity index (χ1) is 15.8. The van der Waals surface area contributed by atoms with E-state index in [4.69, 9.17) is 4.52 Å². The molecule has 7 heteroatoms. The fraction of sp³-hybridized carbons (Fsp3) is 0.462. The molecule has 0 amide bonds. The maximum absolute atomic E-state index is 13.9. The minimum Gasteiger partial charge on any atom is -0.337 e. The molecule has 0 saturated carbocycles. The second-order valence-corrected chi connectivity index (χ2v) is 8.88. The summed E-state index contributed by atoms with van der Waals surface area (Å²) < 4.78 is 47.0. The molecule has 0 radical (unpaired) electrons. The van der Waals surface area contributed by atoms with E-state index in [-0.39, 0.29) is 17.4 Å². The van der Waals surface area contributed by atoms with Crippen molar-refractivity contribution in [1.29, 1.82) is 0 Å². The van der Waals surface area contributed by atoms with Crippen molar-refractivity contribution < 1.29 is 17.7 Å². The molecule has 1 fully saturated rings. The van der Waals surface area contributed by atoms with E-state index in [2.05, 4.69) is 34.1 Å². The summed E-state index contributed by atoms with van der Waals surface area (Å²) in [7, 11) is 1.98. The molecule has 1 saturated heterocycles. The Morgan fingerprint density at radius 1 is 1.03 bits per heavy atom. The lowest BCUT2D eigenvalue weighted by molar-refractivity contribution is -0.138. The number of aromatic nitrogens is 2. The molecule has 2 aromatic carbocycles. The number of halogens is 3. The molecule has 0 bridgehead atoms. The van der Waals surface area contributed by atoms with Gasteiger partial charge in [0.2, 0.25) is 11.7 Å². The third-order valence-electron chi connectivity index (χ3n) is 6.45. The molecule has 1 aliphatic heterocycles. The number of unbranched alkanes of at least 4 members (excludes halogenated alkanes) is 1. The van der Waals surface area contributed by atoms with Gasteiger partial charge in [-0.15, -0.1) is 0 Å². The zero-order valence-electron chi connectivity index (χ0n) is 19.2. The van der Waals surface area contributed by atoms with Crippen molar-refractivity contribution in [1.82, 2.24) is 15.0 Å². The van der Waals surface area contributed by atoms with Crippen LogP contribution in [0.1, 0.15) is 66.8 Å². The lowest BCUT2D eigenvalue weighted by Gasteiger charge is -2.14. The second-order valence-electron chi connectivity index (χ2n) is 8.88. The number of alkyl halides is 3. The molecule has 0 aliphatic carbocycles.